The molecule has 7 heteroatoms. The van der Waals surface area contributed by atoms with Gasteiger partial charge in [-0.25, -0.2) is 4.98 Å². The van der Waals surface area contributed by atoms with Gasteiger partial charge in [-0.2, -0.15) is 11.8 Å². The van der Waals surface area contributed by atoms with E-state index in [2.05, 4.69) is 38.9 Å². The van der Waals surface area contributed by atoms with Crippen LogP contribution in [0.2, 0.25) is 0 Å². The quantitative estimate of drug-likeness (QED) is 0.677. The molecule has 1 aliphatic heterocycles. The van der Waals surface area contributed by atoms with E-state index in [0.29, 0.717) is 17.7 Å². The van der Waals surface area contributed by atoms with Gasteiger partial charge in [-0.1, -0.05) is 13.0 Å². The molecule has 3 heterocycles. The van der Waals surface area contributed by atoms with Gasteiger partial charge < -0.3 is 14.6 Å². The number of nitrogens with zero attached hydrogens (tertiary/aromatic N) is 3. The number of hydrogen-bond donors (Lipinski definition) is 1. The predicted octanol–water partition coefficient (Wildman–Crippen LogP) is 3.31. The average molecular weight is 351 g/mol. The fourth-order valence-corrected chi connectivity index (χ4v) is 4.40. The molecule has 0 bridgehead atoms. The van der Waals surface area contributed by atoms with E-state index in [0.717, 1.165) is 35.4 Å². The first-order valence-electron chi connectivity index (χ1n) is 7.85. The van der Waals surface area contributed by atoms with Crippen molar-refractivity contribution in [1.29, 1.82) is 0 Å². The maximum atomic E-state index is 5.56. The lowest BCUT2D eigenvalue weighted by Crippen LogP contribution is -2.47. The van der Waals surface area contributed by atoms with Crippen molar-refractivity contribution < 1.29 is 4.42 Å². The molecular formula is C16H22N4OS2. The van der Waals surface area contributed by atoms with E-state index in [1.807, 2.05) is 24.6 Å². The third-order valence-electron chi connectivity index (χ3n) is 3.82. The Morgan fingerprint density at radius 2 is 2.48 bits per heavy atom. The zero-order chi connectivity index (χ0) is 16.1. The predicted molar refractivity (Wildman–Crippen MR) is 98.1 cm³/mol. The third kappa shape index (κ3) is 4.09. The Morgan fingerprint density at radius 3 is 3.22 bits per heavy atom. The summed E-state index contributed by atoms with van der Waals surface area (Å²) in [6.07, 6.45) is 2.92. The lowest BCUT2D eigenvalue weighted by Gasteiger charge is -2.34. The second kappa shape index (κ2) is 7.88. The number of thiophene rings is 1. The van der Waals surface area contributed by atoms with Crippen LogP contribution in [0.25, 0.3) is 10.8 Å². The average Bonchev–Trinajstić information content (AvgIpc) is 3.27. The van der Waals surface area contributed by atoms with Crippen molar-refractivity contribution in [3.8, 4) is 10.8 Å². The largest absolute Gasteiger partial charge is 0.443 e. The Hall–Kier alpha value is -1.47. The Kier molecular flexibility index (Phi) is 5.61. The summed E-state index contributed by atoms with van der Waals surface area (Å²) in [6.45, 7) is 4.97. The van der Waals surface area contributed by atoms with Crippen molar-refractivity contribution in [2.75, 3.05) is 25.9 Å². The summed E-state index contributed by atoms with van der Waals surface area (Å²) in [7, 11) is 1.84. The number of nitrogens with one attached hydrogen (secondary N) is 1. The summed E-state index contributed by atoms with van der Waals surface area (Å²) in [6, 6.07) is 4.02. The van der Waals surface area contributed by atoms with E-state index >= 15 is 0 Å². The Labute approximate surface area is 145 Å². The monoisotopic (exact) mass is 350 g/mol. The molecule has 0 spiro atoms. The van der Waals surface area contributed by atoms with E-state index in [1.165, 1.54) is 6.42 Å². The first-order chi connectivity index (χ1) is 11.3. The number of oxazole rings is 1. The highest BCUT2D eigenvalue weighted by Crippen LogP contribution is 2.24. The van der Waals surface area contributed by atoms with Crippen LogP contribution in [0.1, 0.15) is 19.0 Å². The maximum absolute atomic E-state index is 5.56. The van der Waals surface area contributed by atoms with Crippen molar-refractivity contribution in [2.45, 2.75) is 25.1 Å². The molecule has 3 rings (SSSR count). The molecule has 2 aromatic rings. The van der Waals surface area contributed by atoms with Gasteiger partial charge in [0.25, 0.3) is 0 Å². The number of hydrogen-bond acceptors (Lipinski definition) is 5. The van der Waals surface area contributed by atoms with Crippen LogP contribution in [0.15, 0.2) is 33.2 Å². The zero-order valence-corrected chi connectivity index (χ0v) is 15.1. The fourth-order valence-electron chi connectivity index (χ4n) is 2.56. The molecule has 124 valence electrons. The smallest absolute Gasteiger partial charge is 0.236 e. The van der Waals surface area contributed by atoms with Crippen molar-refractivity contribution in [1.82, 2.24) is 15.2 Å². The van der Waals surface area contributed by atoms with E-state index in [9.17, 15) is 0 Å². The fraction of sp³-hybridized carbons (Fsp3) is 0.500. The SMILES string of the molecule is CCC1CN(C(=NC)NCc2coc(-c3cccs3)n2)CCS1. The van der Waals surface area contributed by atoms with Crippen LogP contribution in [0.5, 0.6) is 0 Å². The van der Waals surface area contributed by atoms with Gasteiger partial charge in [0.15, 0.2) is 5.96 Å². The molecule has 1 N–H and O–H groups in total. The van der Waals surface area contributed by atoms with Crippen molar-refractivity contribution in [3.63, 3.8) is 0 Å². The molecule has 1 atom stereocenters. The topological polar surface area (TPSA) is 53.7 Å². The summed E-state index contributed by atoms with van der Waals surface area (Å²) in [5.74, 6) is 2.79. The lowest BCUT2D eigenvalue weighted by atomic mass is 10.3. The molecule has 0 aromatic carbocycles. The van der Waals surface area contributed by atoms with E-state index in [-0.39, 0.29) is 0 Å². The molecule has 0 amide bonds. The van der Waals surface area contributed by atoms with Crippen LogP contribution in [-0.2, 0) is 6.54 Å². The van der Waals surface area contributed by atoms with Crippen LogP contribution in [0, 0.1) is 0 Å². The second-order valence-corrected chi connectivity index (χ2v) is 7.73. The highest BCUT2D eigenvalue weighted by Gasteiger charge is 2.21. The van der Waals surface area contributed by atoms with Gasteiger partial charge in [-0.3, -0.25) is 4.99 Å². The third-order valence-corrected chi connectivity index (χ3v) is 6.05. The Bertz CT molecular complexity index is 638. The van der Waals surface area contributed by atoms with E-state index in [1.54, 1.807) is 17.6 Å². The number of aliphatic imine (C=N–C) groups is 1. The first-order valence-corrected chi connectivity index (χ1v) is 9.78. The molecule has 0 saturated carbocycles. The normalized spacial score (nSPS) is 19.1. The summed E-state index contributed by atoms with van der Waals surface area (Å²) in [4.78, 5) is 12.4. The summed E-state index contributed by atoms with van der Waals surface area (Å²) in [5, 5.41) is 6.13. The highest BCUT2D eigenvalue weighted by molar-refractivity contribution is 8.00. The number of guanidine groups is 1. The summed E-state index contributed by atoms with van der Waals surface area (Å²) < 4.78 is 5.56. The molecule has 23 heavy (non-hydrogen) atoms. The van der Waals surface area contributed by atoms with Crippen LogP contribution < -0.4 is 5.32 Å². The van der Waals surface area contributed by atoms with Crippen LogP contribution in [0.4, 0.5) is 0 Å². The second-order valence-electron chi connectivity index (χ2n) is 5.37. The van der Waals surface area contributed by atoms with Gasteiger partial charge in [0.05, 0.1) is 17.1 Å². The van der Waals surface area contributed by atoms with Crippen LogP contribution >= 0.6 is 23.1 Å². The number of aromatic nitrogens is 1. The minimum atomic E-state index is 0.627. The highest BCUT2D eigenvalue weighted by atomic mass is 32.2. The molecule has 0 radical (unpaired) electrons. The van der Waals surface area contributed by atoms with Crippen molar-refractivity contribution in [3.05, 3.63) is 29.5 Å². The standard InChI is InChI=1S/C16H22N4OS2/c1-3-13-10-20(6-8-22-13)16(17-2)18-9-12-11-21-15(19-12)14-5-4-7-23-14/h4-5,7,11,13H,3,6,8-10H2,1-2H3,(H,17,18). The molecule has 1 unspecified atom stereocenters. The maximum Gasteiger partial charge on any atom is 0.236 e. The van der Waals surface area contributed by atoms with E-state index in [4.69, 9.17) is 4.42 Å². The molecule has 1 aliphatic rings. The van der Waals surface area contributed by atoms with Gasteiger partial charge in [-0.05, 0) is 17.9 Å². The first kappa shape index (κ1) is 16.4. The zero-order valence-electron chi connectivity index (χ0n) is 13.5. The molecule has 1 fully saturated rings. The Balaban J connectivity index is 1.58. The molecular weight excluding hydrogens is 328 g/mol. The van der Waals surface area contributed by atoms with Gasteiger partial charge in [-0.15, -0.1) is 11.3 Å². The van der Waals surface area contributed by atoms with Gasteiger partial charge in [0.1, 0.15) is 6.26 Å². The van der Waals surface area contributed by atoms with Gasteiger partial charge in [0.2, 0.25) is 5.89 Å². The van der Waals surface area contributed by atoms with Crippen molar-refractivity contribution >= 4 is 29.1 Å². The van der Waals surface area contributed by atoms with Crippen LogP contribution in [0.3, 0.4) is 0 Å². The van der Waals surface area contributed by atoms with E-state index < -0.39 is 0 Å². The molecule has 5 nitrogen and oxygen atoms in total. The van der Waals surface area contributed by atoms with Gasteiger partial charge >= 0.3 is 0 Å². The van der Waals surface area contributed by atoms with Gasteiger partial charge in [0, 0.05) is 31.1 Å². The summed E-state index contributed by atoms with van der Waals surface area (Å²) in [5.41, 5.74) is 0.896. The van der Waals surface area contributed by atoms with Crippen molar-refractivity contribution in [2.24, 2.45) is 4.99 Å². The molecule has 0 aliphatic carbocycles. The molecule has 2 aromatic heterocycles. The summed E-state index contributed by atoms with van der Waals surface area (Å²) >= 11 is 3.69. The lowest BCUT2D eigenvalue weighted by molar-refractivity contribution is 0.407. The minimum Gasteiger partial charge on any atom is -0.443 e. The minimum absolute atomic E-state index is 0.627. The molecule has 1 saturated heterocycles. The number of rotatable bonds is 4. The van der Waals surface area contributed by atoms with Crippen LogP contribution in [-0.4, -0.2) is 47.0 Å². The Morgan fingerprint density at radius 1 is 1.57 bits per heavy atom. The number of thioether (sulfide) groups is 1.